The predicted octanol–water partition coefficient (Wildman–Crippen LogP) is 0.929. The van der Waals surface area contributed by atoms with Gasteiger partial charge in [-0.2, -0.15) is 0 Å². The molecule has 0 aromatic carbocycles. The Kier molecular flexibility index (Phi) is 6.12. The molecule has 5 heteroatoms. The first-order valence-corrected chi connectivity index (χ1v) is 6.69. The van der Waals surface area contributed by atoms with Crippen molar-refractivity contribution in [2.45, 2.75) is 51.6 Å². The van der Waals surface area contributed by atoms with Crippen molar-refractivity contribution < 1.29 is 14.3 Å². The fourth-order valence-corrected chi connectivity index (χ4v) is 2.19. The van der Waals surface area contributed by atoms with Crippen LogP contribution in [0.3, 0.4) is 0 Å². The second-order valence-corrected chi connectivity index (χ2v) is 4.88. The van der Waals surface area contributed by atoms with E-state index in [1.54, 1.807) is 0 Å². The molecule has 0 unspecified atom stereocenters. The Hall–Kier alpha value is -1.10. The smallest absolute Gasteiger partial charge is 0.323 e. The maximum absolute atomic E-state index is 11.8. The minimum absolute atomic E-state index is 0.0137. The van der Waals surface area contributed by atoms with Crippen LogP contribution in [0, 0.1) is 0 Å². The van der Waals surface area contributed by atoms with Crippen LogP contribution in [0.15, 0.2) is 0 Å². The maximum Gasteiger partial charge on any atom is 0.323 e. The van der Waals surface area contributed by atoms with Crippen molar-refractivity contribution in [3.05, 3.63) is 0 Å². The molecule has 0 radical (unpaired) electrons. The van der Waals surface area contributed by atoms with Gasteiger partial charge in [-0.15, -0.1) is 0 Å². The highest BCUT2D eigenvalue weighted by Gasteiger charge is 2.30. The van der Waals surface area contributed by atoms with Crippen molar-refractivity contribution in [2.24, 2.45) is 0 Å². The van der Waals surface area contributed by atoms with E-state index in [1.807, 2.05) is 18.7 Å². The fraction of sp³-hybridized carbons (Fsp3) is 0.846. The number of nitrogens with one attached hydrogen (secondary N) is 1. The summed E-state index contributed by atoms with van der Waals surface area (Å²) in [6.45, 7) is 5.08. The standard InChI is InChI=1S/C13H24N2O3/c1-4-10(2)14-12(16)9-15-8-6-5-7-11(15)13(17)18-3/h10-11H,4-9H2,1-3H3,(H,14,16)/t10-,11-/m1/s1. The molecule has 0 aliphatic carbocycles. The number of hydrogen-bond acceptors (Lipinski definition) is 4. The van der Waals surface area contributed by atoms with Crippen LogP contribution >= 0.6 is 0 Å². The number of likely N-dealkylation sites (tertiary alicyclic amines) is 1. The fourth-order valence-electron chi connectivity index (χ4n) is 2.19. The largest absolute Gasteiger partial charge is 0.468 e. The van der Waals surface area contributed by atoms with Crippen LogP contribution < -0.4 is 5.32 Å². The van der Waals surface area contributed by atoms with E-state index in [0.717, 1.165) is 32.2 Å². The summed E-state index contributed by atoms with van der Waals surface area (Å²) in [5, 5.41) is 2.92. The molecule has 1 saturated heterocycles. The van der Waals surface area contributed by atoms with Crippen molar-refractivity contribution in [3.8, 4) is 0 Å². The van der Waals surface area contributed by atoms with Gasteiger partial charge in [0.05, 0.1) is 13.7 Å². The van der Waals surface area contributed by atoms with Gasteiger partial charge in [0.15, 0.2) is 0 Å². The molecule has 0 bridgehead atoms. The van der Waals surface area contributed by atoms with Crippen LogP contribution in [-0.2, 0) is 14.3 Å². The number of carbonyl (C=O) groups is 2. The molecule has 18 heavy (non-hydrogen) atoms. The monoisotopic (exact) mass is 256 g/mol. The summed E-state index contributed by atoms with van der Waals surface area (Å²) in [4.78, 5) is 25.4. The molecule has 0 aromatic rings. The zero-order chi connectivity index (χ0) is 13.5. The highest BCUT2D eigenvalue weighted by molar-refractivity contribution is 5.80. The molecule has 0 spiro atoms. The van der Waals surface area contributed by atoms with Gasteiger partial charge in [0.1, 0.15) is 6.04 Å². The van der Waals surface area contributed by atoms with Crippen LogP contribution in [0.5, 0.6) is 0 Å². The number of hydrogen-bond donors (Lipinski definition) is 1. The van der Waals surface area contributed by atoms with Gasteiger partial charge in [-0.1, -0.05) is 13.3 Å². The molecule has 5 nitrogen and oxygen atoms in total. The Morgan fingerprint density at radius 1 is 1.44 bits per heavy atom. The summed E-state index contributed by atoms with van der Waals surface area (Å²) in [7, 11) is 1.40. The Labute approximate surface area is 109 Å². The molecule has 1 heterocycles. The Morgan fingerprint density at radius 3 is 2.78 bits per heavy atom. The van der Waals surface area contributed by atoms with Crippen LogP contribution in [0.2, 0.25) is 0 Å². The minimum atomic E-state index is -0.258. The van der Waals surface area contributed by atoms with Crippen molar-refractivity contribution in [3.63, 3.8) is 0 Å². The molecular weight excluding hydrogens is 232 g/mol. The van der Waals surface area contributed by atoms with E-state index >= 15 is 0 Å². The average Bonchev–Trinajstić information content (AvgIpc) is 2.38. The van der Waals surface area contributed by atoms with Gasteiger partial charge >= 0.3 is 5.97 Å². The van der Waals surface area contributed by atoms with Gasteiger partial charge in [0.25, 0.3) is 0 Å². The zero-order valence-corrected chi connectivity index (χ0v) is 11.6. The third-order valence-electron chi connectivity index (χ3n) is 3.45. The molecule has 1 amide bonds. The van der Waals surface area contributed by atoms with E-state index in [2.05, 4.69) is 5.32 Å². The number of carbonyl (C=O) groups excluding carboxylic acids is 2. The lowest BCUT2D eigenvalue weighted by atomic mass is 10.0. The quantitative estimate of drug-likeness (QED) is 0.743. The van der Waals surface area contributed by atoms with Gasteiger partial charge < -0.3 is 10.1 Å². The van der Waals surface area contributed by atoms with Crippen LogP contribution in [0.4, 0.5) is 0 Å². The summed E-state index contributed by atoms with van der Waals surface area (Å²) in [5.41, 5.74) is 0. The second kappa shape index (κ2) is 7.36. The highest BCUT2D eigenvalue weighted by Crippen LogP contribution is 2.17. The highest BCUT2D eigenvalue weighted by atomic mass is 16.5. The maximum atomic E-state index is 11.8. The van der Waals surface area contributed by atoms with Crippen molar-refractivity contribution >= 4 is 11.9 Å². The van der Waals surface area contributed by atoms with E-state index in [0.29, 0.717) is 0 Å². The molecule has 1 aliphatic heterocycles. The van der Waals surface area contributed by atoms with Crippen molar-refractivity contribution in [2.75, 3.05) is 20.2 Å². The first-order valence-electron chi connectivity index (χ1n) is 6.69. The predicted molar refractivity (Wildman–Crippen MR) is 69.1 cm³/mol. The summed E-state index contributed by atoms with van der Waals surface area (Å²) in [6, 6.07) is -0.0784. The van der Waals surface area contributed by atoms with E-state index < -0.39 is 0 Å². The van der Waals surface area contributed by atoms with Gasteiger partial charge in [-0.3, -0.25) is 14.5 Å². The molecule has 2 atom stereocenters. The van der Waals surface area contributed by atoms with E-state index in [1.165, 1.54) is 7.11 Å². The van der Waals surface area contributed by atoms with Crippen LogP contribution in [0.1, 0.15) is 39.5 Å². The summed E-state index contributed by atoms with van der Waals surface area (Å²) in [5.74, 6) is -0.244. The van der Waals surface area contributed by atoms with Gasteiger partial charge in [-0.25, -0.2) is 0 Å². The molecule has 1 fully saturated rings. The zero-order valence-electron chi connectivity index (χ0n) is 11.6. The topological polar surface area (TPSA) is 58.6 Å². The average molecular weight is 256 g/mol. The number of rotatable bonds is 5. The summed E-state index contributed by atoms with van der Waals surface area (Å²) < 4.78 is 4.79. The number of esters is 1. The number of piperidine rings is 1. The Morgan fingerprint density at radius 2 is 2.17 bits per heavy atom. The Bertz CT molecular complexity index is 294. The number of ether oxygens (including phenoxy) is 1. The summed E-state index contributed by atoms with van der Waals surface area (Å²) in [6.07, 6.45) is 3.74. The molecule has 104 valence electrons. The van der Waals surface area contributed by atoms with Crippen LogP contribution in [0.25, 0.3) is 0 Å². The minimum Gasteiger partial charge on any atom is -0.468 e. The number of methoxy groups -OCH3 is 1. The molecular formula is C13H24N2O3. The van der Waals surface area contributed by atoms with Gasteiger partial charge in [0, 0.05) is 6.04 Å². The molecule has 1 rings (SSSR count). The normalized spacial score (nSPS) is 22.3. The second-order valence-electron chi connectivity index (χ2n) is 4.88. The first-order chi connectivity index (χ1) is 8.58. The Balaban J connectivity index is 2.51. The third kappa shape index (κ3) is 4.29. The SMILES string of the molecule is CC[C@@H](C)NC(=O)CN1CCCC[C@@H]1C(=O)OC. The van der Waals surface area contributed by atoms with Crippen LogP contribution in [-0.4, -0.2) is 49.1 Å². The third-order valence-corrected chi connectivity index (χ3v) is 3.45. The van der Waals surface area contributed by atoms with Crippen molar-refractivity contribution in [1.29, 1.82) is 0 Å². The van der Waals surface area contributed by atoms with E-state index in [4.69, 9.17) is 4.74 Å². The molecule has 0 saturated carbocycles. The van der Waals surface area contributed by atoms with E-state index in [-0.39, 0.29) is 30.5 Å². The van der Waals surface area contributed by atoms with Gasteiger partial charge in [-0.05, 0) is 32.7 Å². The van der Waals surface area contributed by atoms with Crippen molar-refractivity contribution in [1.82, 2.24) is 10.2 Å². The molecule has 1 N–H and O–H groups in total. The lowest BCUT2D eigenvalue weighted by Crippen LogP contribution is -2.50. The first kappa shape index (κ1) is 15.0. The lowest BCUT2D eigenvalue weighted by molar-refractivity contribution is -0.148. The van der Waals surface area contributed by atoms with Gasteiger partial charge in [0.2, 0.25) is 5.91 Å². The molecule has 1 aliphatic rings. The number of amides is 1. The molecule has 0 aromatic heterocycles. The summed E-state index contributed by atoms with van der Waals surface area (Å²) >= 11 is 0. The van der Waals surface area contributed by atoms with E-state index in [9.17, 15) is 9.59 Å². The number of nitrogens with zero attached hydrogens (tertiary/aromatic N) is 1. The lowest BCUT2D eigenvalue weighted by Gasteiger charge is -2.33.